The van der Waals surface area contributed by atoms with Crippen molar-refractivity contribution >= 4 is 12.0 Å². The van der Waals surface area contributed by atoms with Gasteiger partial charge in [-0.1, -0.05) is 6.92 Å². The lowest BCUT2D eigenvalue weighted by Crippen LogP contribution is -2.59. The summed E-state index contributed by atoms with van der Waals surface area (Å²) in [5.74, 6) is -13.5. The largest absolute Gasteiger partial charge is 0.460 e. The average molecular weight is 310 g/mol. The van der Waals surface area contributed by atoms with E-state index in [0.29, 0.717) is 0 Å². The molecular weight excluding hydrogens is 303 g/mol. The van der Waals surface area contributed by atoms with Crippen LogP contribution in [-0.2, 0) is 4.18 Å². The highest BCUT2D eigenvalue weighted by Crippen LogP contribution is 2.56. The second-order valence-corrected chi connectivity index (χ2v) is 3.98. The van der Waals surface area contributed by atoms with Crippen molar-refractivity contribution in [1.29, 1.82) is 0 Å². The summed E-state index contributed by atoms with van der Waals surface area (Å²) in [5, 5.41) is -5.72. The molecule has 18 heavy (non-hydrogen) atoms. The molecule has 0 saturated heterocycles. The Morgan fingerprint density at radius 2 is 1.28 bits per heavy atom. The van der Waals surface area contributed by atoms with Gasteiger partial charge in [-0.3, -0.25) is 0 Å². The van der Waals surface area contributed by atoms with Crippen LogP contribution in [-0.4, -0.2) is 29.9 Å². The molecule has 0 aliphatic carbocycles. The molecule has 0 heterocycles. The van der Waals surface area contributed by atoms with Crippen LogP contribution in [0.25, 0.3) is 0 Å². The van der Waals surface area contributed by atoms with E-state index in [1.165, 1.54) is 6.92 Å². The van der Waals surface area contributed by atoms with Gasteiger partial charge in [0.2, 0.25) is 0 Å². The molecule has 11 heteroatoms. The minimum atomic E-state index is -6.87. The summed E-state index contributed by atoms with van der Waals surface area (Å²) < 4.78 is 114. The molecule has 0 aliphatic heterocycles. The minimum absolute atomic E-state index is 0.0876. The third-order valence-electron chi connectivity index (χ3n) is 1.57. The van der Waals surface area contributed by atoms with Gasteiger partial charge in [-0.25, -0.2) is 0 Å². The number of hydrogen-bond acceptors (Lipinski definition) is 2. The maximum absolute atomic E-state index is 12.7. The Morgan fingerprint density at radius 3 is 1.61 bits per heavy atom. The summed E-state index contributed by atoms with van der Waals surface area (Å²) >= 11 is -1.41. The van der Waals surface area contributed by atoms with Gasteiger partial charge in [0.1, 0.15) is 0 Å². The molecule has 0 aromatic heterocycles. The predicted octanol–water partition coefficient (Wildman–Crippen LogP) is 4.49. The van der Waals surface area contributed by atoms with Crippen LogP contribution in [0.5, 0.6) is 0 Å². The van der Waals surface area contributed by atoms with Gasteiger partial charge in [0.15, 0.2) is 0 Å². The van der Waals surface area contributed by atoms with E-state index in [0.717, 1.165) is 0 Å². The van der Waals surface area contributed by atoms with E-state index in [1.807, 2.05) is 0 Å². The molecule has 0 radical (unpaired) electrons. The van der Waals surface area contributed by atoms with Crippen molar-refractivity contribution in [2.75, 3.05) is 6.61 Å². The van der Waals surface area contributed by atoms with E-state index in [2.05, 4.69) is 4.18 Å². The normalized spacial score (nSPS) is 15.0. The molecule has 0 spiro atoms. The minimum Gasteiger partial charge on any atom is -0.310 e. The standard InChI is InChI=1S/C7H7F9OS/c1-2-3-17-18-7(15,16)5(10,11)4(8,9)6(12,13)14/h2-3H2,1H3. The zero-order valence-electron chi connectivity index (χ0n) is 8.63. The first-order valence-corrected chi connectivity index (χ1v) is 5.06. The van der Waals surface area contributed by atoms with Gasteiger partial charge in [0, 0.05) is 0 Å². The third-order valence-corrected chi connectivity index (χ3v) is 2.32. The monoisotopic (exact) mass is 310 g/mol. The van der Waals surface area contributed by atoms with Crippen LogP contribution >= 0.6 is 12.0 Å². The van der Waals surface area contributed by atoms with E-state index in [4.69, 9.17) is 0 Å². The molecular formula is C7H7F9OS. The fourth-order valence-corrected chi connectivity index (χ4v) is 1.24. The van der Waals surface area contributed by atoms with Crippen LogP contribution in [0.2, 0.25) is 0 Å². The van der Waals surface area contributed by atoms with Gasteiger partial charge < -0.3 is 4.18 Å². The lowest BCUT2D eigenvalue weighted by atomic mass is 10.1. The van der Waals surface area contributed by atoms with Crippen LogP contribution < -0.4 is 0 Å². The molecule has 0 aromatic rings. The van der Waals surface area contributed by atoms with Gasteiger partial charge in [-0.2, -0.15) is 39.5 Å². The summed E-state index contributed by atoms with van der Waals surface area (Å²) in [7, 11) is 0. The Morgan fingerprint density at radius 1 is 0.833 bits per heavy atom. The highest BCUT2D eigenvalue weighted by molar-refractivity contribution is 7.95. The molecule has 0 amide bonds. The smallest absolute Gasteiger partial charge is 0.310 e. The lowest BCUT2D eigenvalue weighted by molar-refractivity contribution is -0.381. The first kappa shape index (κ1) is 17.7. The van der Waals surface area contributed by atoms with Crippen molar-refractivity contribution in [1.82, 2.24) is 0 Å². The van der Waals surface area contributed by atoms with Gasteiger partial charge >= 0.3 is 23.3 Å². The van der Waals surface area contributed by atoms with Gasteiger partial charge in [-0.05, 0) is 6.42 Å². The van der Waals surface area contributed by atoms with Crippen LogP contribution in [0.3, 0.4) is 0 Å². The quantitative estimate of drug-likeness (QED) is 0.406. The zero-order valence-corrected chi connectivity index (χ0v) is 9.45. The Hall–Kier alpha value is -0.320. The van der Waals surface area contributed by atoms with E-state index >= 15 is 0 Å². The van der Waals surface area contributed by atoms with Crippen molar-refractivity contribution < 1.29 is 43.7 Å². The Balaban J connectivity index is 5.11. The van der Waals surface area contributed by atoms with E-state index in [-0.39, 0.29) is 6.42 Å². The van der Waals surface area contributed by atoms with E-state index in [9.17, 15) is 39.5 Å². The van der Waals surface area contributed by atoms with Crippen LogP contribution in [0.1, 0.15) is 13.3 Å². The molecule has 0 N–H and O–H groups in total. The summed E-state index contributed by atoms with van der Waals surface area (Å²) in [5.41, 5.74) is 0. The zero-order chi connectivity index (χ0) is 14.8. The Bertz CT molecular complexity index is 275. The molecule has 0 unspecified atom stereocenters. The van der Waals surface area contributed by atoms with Gasteiger partial charge in [-0.15, -0.1) is 0 Å². The Labute approximate surface area is 99.9 Å². The molecule has 0 bridgehead atoms. The maximum Gasteiger partial charge on any atom is 0.460 e. The summed E-state index contributed by atoms with van der Waals surface area (Å²) in [6.45, 7) is 0.884. The van der Waals surface area contributed by atoms with Crippen molar-refractivity contribution in [2.45, 2.75) is 36.6 Å². The molecule has 0 aliphatic rings. The number of rotatable bonds is 6. The fraction of sp³-hybridized carbons (Fsp3) is 1.00. The first-order chi connectivity index (χ1) is 7.81. The van der Waals surface area contributed by atoms with Crippen LogP contribution in [0, 0.1) is 0 Å². The topological polar surface area (TPSA) is 9.23 Å². The molecule has 0 saturated carbocycles. The third kappa shape index (κ3) is 3.16. The highest BCUT2D eigenvalue weighted by Gasteiger charge is 2.82. The van der Waals surface area contributed by atoms with Crippen molar-refractivity contribution in [3.05, 3.63) is 0 Å². The van der Waals surface area contributed by atoms with Gasteiger partial charge in [0.25, 0.3) is 0 Å². The van der Waals surface area contributed by atoms with Crippen LogP contribution in [0.4, 0.5) is 39.5 Å². The second kappa shape index (κ2) is 5.35. The predicted molar refractivity (Wildman–Crippen MR) is 44.7 cm³/mol. The molecule has 0 rings (SSSR count). The molecule has 0 atom stereocenters. The molecule has 0 fully saturated rings. The van der Waals surface area contributed by atoms with Crippen molar-refractivity contribution in [2.24, 2.45) is 0 Å². The van der Waals surface area contributed by atoms with Crippen LogP contribution in [0.15, 0.2) is 0 Å². The molecule has 1 nitrogen and oxygen atoms in total. The second-order valence-electron chi connectivity index (χ2n) is 3.07. The summed E-state index contributed by atoms with van der Waals surface area (Å²) in [6, 6.07) is 0. The number of halogens is 9. The first-order valence-electron chi connectivity index (χ1n) is 4.32. The van der Waals surface area contributed by atoms with Crippen molar-refractivity contribution in [3.63, 3.8) is 0 Å². The average Bonchev–Trinajstić information content (AvgIpc) is 2.15. The van der Waals surface area contributed by atoms with E-state index < -0.39 is 41.9 Å². The van der Waals surface area contributed by atoms with Crippen molar-refractivity contribution in [3.8, 4) is 0 Å². The number of hydrogen-bond donors (Lipinski definition) is 0. The fourth-order valence-electron chi connectivity index (χ4n) is 0.612. The van der Waals surface area contributed by atoms with Gasteiger partial charge in [0.05, 0.1) is 18.6 Å². The highest BCUT2D eigenvalue weighted by atomic mass is 32.2. The van der Waals surface area contributed by atoms with E-state index in [1.54, 1.807) is 0 Å². The summed E-state index contributed by atoms with van der Waals surface area (Å²) in [4.78, 5) is 0. The molecule has 110 valence electrons. The SMILES string of the molecule is CCCOSC(F)(F)C(F)(F)C(F)(F)C(F)(F)F. The lowest BCUT2D eigenvalue weighted by Gasteiger charge is -2.32. The number of alkyl halides is 9. The molecule has 0 aromatic carbocycles. The maximum atomic E-state index is 12.7. The summed E-state index contributed by atoms with van der Waals surface area (Å²) in [6.07, 6.45) is -6.71. The Kier molecular flexibility index (Phi) is 5.26.